The zero-order valence-electron chi connectivity index (χ0n) is 16.5. The number of ketones is 1. The third-order valence-corrected chi connectivity index (χ3v) is 5.30. The van der Waals surface area contributed by atoms with Crippen molar-refractivity contribution < 1.29 is 19.1 Å². The van der Waals surface area contributed by atoms with Crippen LogP contribution in [0.15, 0.2) is 83.8 Å². The van der Waals surface area contributed by atoms with Gasteiger partial charge in [0.15, 0.2) is 12.4 Å². The number of benzene rings is 3. The minimum Gasteiger partial charge on any atom is -0.454 e. The minimum absolute atomic E-state index is 0.140. The van der Waals surface area contributed by atoms with Crippen molar-refractivity contribution in [3.8, 4) is 0 Å². The Morgan fingerprint density at radius 1 is 0.867 bits per heavy atom. The lowest BCUT2D eigenvalue weighted by Gasteiger charge is -2.10. The molecule has 0 heterocycles. The number of anilines is 1. The predicted molar refractivity (Wildman–Crippen MR) is 118 cm³/mol. The van der Waals surface area contributed by atoms with Crippen molar-refractivity contribution in [2.45, 2.75) is 11.8 Å². The molecule has 152 valence electrons. The summed E-state index contributed by atoms with van der Waals surface area (Å²) in [6.07, 6.45) is 0. The minimum atomic E-state index is -0.596. The average Bonchev–Trinajstić information content (AvgIpc) is 2.78. The van der Waals surface area contributed by atoms with E-state index in [1.54, 1.807) is 48.5 Å². The summed E-state index contributed by atoms with van der Waals surface area (Å²) in [5.41, 5.74) is 2.64. The van der Waals surface area contributed by atoms with Gasteiger partial charge in [0.25, 0.3) is 0 Å². The molecule has 0 spiro atoms. The number of aryl methyl sites for hydroxylation is 1. The van der Waals surface area contributed by atoms with Crippen molar-refractivity contribution in [2.75, 3.05) is 17.7 Å². The number of nitrogens with one attached hydrogen (secondary N) is 1. The van der Waals surface area contributed by atoms with Gasteiger partial charge in [0.1, 0.15) is 0 Å². The van der Waals surface area contributed by atoms with Gasteiger partial charge in [-0.25, -0.2) is 4.79 Å². The Morgan fingerprint density at radius 3 is 2.27 bits per heavy atom. The van der Waals surface area contributed by atoms with Crippen molar-refractivity contribution in [3.63, 3.8) is 0 Å². The Kier molecular flexibility index (Phi) is 7.40. The highest BCUT2D eigenvalue weighted by Crippen LogP contribution is 2.24. The lowest BCUT2D eigenvalue weighted by atomic mass is 10.1. The zero-order valence-corrected chi connectivity index (χ0v) is 17.3. The Balaban J connectivity index is 1.56. The Bertz CT molecular complexity index is 1030. The molecule has 0 aliphatic rings. The largest absolute Gasteiger partial charge is 0.454 e. The molecule has 6 heteroatoms. The molecular formula is C24H21NO4S. The molecule has 0 radical (unpaired) electrons. The van der Waals surface area contributed by atoms with Crippen LogP contribution in [0.3, 0.4) is 0 Å². The molecular weight excluding hydrogens is 398 g/mol. The fourth-order valence-corrected chi connectivity index (χ4v) is 3.50. The van der Waals surface area contributed by atoms with Gasteiger partial charge in [-0.2, -0.15) is 0 Å². The van der Waals surface area contributed by atoms with Crippen LogP contribution >= 0.6 is 11.8 Å². The van der Waals surface area contributed by atoms with Gasteiger partial charge in [-0.15, -0.1) is 11.8 Å². The summed E-state index contributed by atoms with van der Waals surface area (Å²) < 4.78 is 5.20. The standard InChI is InChI=1S/C24H21NO4S/c1-17-11-13-19(14-12-17)25-23(27)16-30-22-10-6-5-9-20(22)24(28)29-15-21(26)18-7-3-2-4-8-18/h2-14H,15-16H2,1H3,(H,25,27). The second-order valence-electron chi connectivity index (χ2n) is 6.56. The third kappa shape index (κ3) is 6.06. The number of esters is 1. The second-order valence-corrected chi connectivity index (χ2v) is 7.58. The first-order chi connectivity index (χ1) is 14.5. The molecule has 0 saturated carbocycles. The van der Waals surface area contributed by atoms with Crippen LogP contribution in [0.1, 0.15) is 26.3 Å². The zero-order chi connectivity index (χ0) is 21.3. The van der Waals surface area contributed by atoms with Crippen LogP contribution < -0.4 is 5.32 Å². The molecule has 0 unspecified atom stereocenters. The highest BCUT2D eigenvalue weighted by Gasteiger charge is 2.16. The molecule has 0 saturated heterocycles. The molecule has 0 aromatic heterocycles. The normalized spacial score (nSPS) is 10.3. The van der Waals surface area contributed by atoms with E-state index in [9.17, 15) is 14.4 Å². The SMILES string of the molecule is Cc1ccc(NC(=O)CSc2ccccc2C(=O)OCC(=O)c2ccccc2)cc1. The summed E-state index contributed by atoms with van der Waals surface area (Å²) in [4.78, 5) is 37.5. The molecule has 0 atom stereocenters. The maximum Gasteiger partial charge on any atom is 0.339 e. The quantitative estimate of drug-likeness (QED) is 0.324. The lowest BCUT2D eigenvalue weighted by Crippen LogP contribution is -2.16. The molecule has 0 bridgehead atoms. The number of Topliss-reactive ketones (excluding diaryl/α,β-unsaturated/α-hetero) is 1. The number of carbonyl (C=O) groups excluding carboxylic acids is 3. The molecule has 3 aromatic rings. The van der Waals surface area contributed by atoms with Crippen LogP contribution in [0.2, 0.25) is 0 Å². The van der Waals surface area contributed by atoms with Crippen LogP contribution in [0.4, 0.5) is 5.69 Å². The van der Waals surface area contributed by atoms with Crippen LogP contribution in [-0.4, -0.2) is 30.0 Å². The number of thioether (sulfide) groups is 1. The summed E-state index contributed by atoms with van der Waals surface area (Å²) in [5.74, 6) is -0.902. The van der Waals surface area contributed by atoms with Gasteiger partial charge >= 0.3 is 5.97 Å². The number of carbonyl (C=O) groups is 3. The molecule has 0 fully saturated rings. The summed E-state index contributed by atoms with van der Waals surface area (Å²) in [6, 6.07) is 23.1. The van der Waals surface area contributed by atoms with Crippen molar-refractivity contribution in [2.24, 2.45) is 0 Å². The molecule has 0 aliphatic carbocycles. The second kappa shape index (κ2) is 10.4. The van der Waals surface area contributed by atoms with Crippen LogP contribution in [0, 0.1) is 6.92 Å². The summed E-state index contributed by atoms with van der Waals surface area (Å²) >= 11 is 1.24. The highest BCUT2D eigenvalue weighted by atomic mass is 32.2. The van der Waals surface area contributed by atoms with E-state index in [0.717, 1.165) is 11.3 Å². The first kappa shape index (κ1) is 21.3. The first-order valence-corrected chi connectivity index (χ1v) is 10.4. The fourth-order valence-electron chi connectivity index (χ4n) is 2.65. The van der Waals surface area contributed by atoms with Crippen LogP contribution in [-0.2, 0) is 9.53 Å². The topological polar surface area (TPSA) is 72.5 Å². The van der Waals surface area contributed by atoms with Gasteiger partial charge in [-0.3, -0.25) is 9.59 Å². The van der Waals surface area contributed by atoms with E-state index in [4.69, 9.17) is 4.74 Å². The van der Waals surface area contributed by atoms with E-state index in [-0.39, 0.29) is 24.1 Å². The van der Waals surface area contributed by atoms with E-state index in [1.807, 2.05) is 37.3 Å². The van der Waals surface area contributed by atoms with Gasteiger partial charge in [0.2, 0.25) is 5.91 Å². The van der Waals surface area contributed by atoms with Crippen molar-refractivity contribution in [3.05, 3.63) is 95.6 Å². The number of hydrogen-bond acceptors (Lipinski definition) is 5. The van der Waals surface area contributed by atoms with Gasteiger partial charge in [-0.1, -0.05) is 60.2 Å². The Morgan fingerprint density at radius 2 is 1.53 bits per heavy atom. The summed E-state index contributed by atoms with van der Waals surface area (Å²) in [7, 11) is 0. The molecule has 1 amide bonds. The molecule has 3 aromatic carbocycles. The number of hydrogen-bond donors (Lipinski definition) is 1. The first-order valence-electron chi connectivity index (χ1n) is 9.36. The molecule has 0 aliphatic heterocycles. The Labute approximate surface area is 179 Å². The highest BCUT2D eigenvalue weighted by molar-refractivity contribution is 8.00. The van der Waals surface area contributed by atoms with E-state index in [2.05, 4.69) is 5.32 Å². The maximum atomic E-state index is 12.5. The average molecular weight is 420 g/mol. The molecule has 5 nitrogen and oxygen atoms in total. The lowest BCUT2D eigenvalue weighted by molar-refractivity contribution is -0.113. The van der Waals surface area contributed by atoms with E-state index >= 15 is 0 Å². The number of rotatable bonds is 8. The van der Waals surface area contributed by atoms with Gasteiger partial charge in [-0.05, 0) is 31.2 Å². The predicted octanol–water partition coefficient (Wildman–Crippen LogP) is 4.77. The van der Waals surface area contributed by atoms with Crippen LogP contribution in [0.25, 0.3) is 0 Å². The fraction of sp³-hybridized carbons (Fsp3) is 0.125. The van der Waals surface area contributed by atoms with Crippen LogP contribution in [0.5, 0.6) is 0 Å². The van der Waals surface area contributed by atoms with E-state index in [0.29, 0.717) is 16.0 Å². The number of amides is 1. The molecule has 1 N–H and O–H groups in total. The monoisotopic (exact) mass is 419 g/mol. The van der Waals surface area contributed by atoms with E-state index in [1.165, 1.54) is 11.8 Å². The summed E-state index contributed by atoms with van der Waals surface area (Å²) in [6.45, 7) is 1.64. The van der Waals surface area contributed by atoms with Crippen molar-refractivity contribution >= 4 is 35.1 Å². The van der Waals surface area contributed by atoms with Gasteiger partial charge < -0.3 is 10.1 Å². The van der Waals surface area contributed by atoms with Gasteiger partial charge in [0, 0.05) is 16.1 Å². The van der Waals surface area contributed by atoms with Gasteiger partial charge in [0.05, 0.1) is 11.3 Å². The molecule has 3 rings (SSSR count). The van der Waals surface area contributed by atoms with Crippen molar-refractivity contribution in [1.29, 1.82) is 0 Å². The third-order valence-electron chi connectivity index (χ3n) is 4.23. The van der Waals surface area contributed by atoms with Crippen molar-refractivity contribution in [1.82, 2.24) is 0 Å². The number of ether oxygens (including phenoxy) is 1. The van der Waals surface area contributed by atoms with E-state index < -0.39 is 5.97 Å². The molecule has 30 heavy (non-hydrogen) atoms. The Hall–Kier alpha value is -3.38. The summed E-state index contributed by atoms with van der Waals surface area (Å²) in [5, 5.41) is 2.83. The smallest absolute Gasteiger partial charge is 0.339 e. The maximum absolute atomic E-state index is 12.5.